The Balaban J connectivity index is 2.93. The number of ether oxygens (including phenoxy) is 4. The van der Waals surface area contributed by atoms with Gasteiger partial charge in [-0.2, -0.15) is 0 Å². The van der Waals surface area contributed by atoms with E-state index in [2.05, 4.69) is 5.32 Å². The number of unbranched alkanes of at least 4 members (excludes halogenated alkanes) is 2. The first kappa shape index (κ1) is 24.8. The van der Waals surface area contributed by atoms with E-state index in [0.717, 1.165) is 33.6 Å². The van der Waals surface area contributed by atoms with Gasteiger partial charge in [0.15, 0.2) is 24.6 Å². The van der Waals surface area contributed by atoms with Crippen molar-refractivity contribution in [2.75, 3.05) is 13.2 Å². The van der Waals surface area contributed by atoms with Gasteiger partial charge in [0.25, 0.3) is 0 Å². The van der Waals surface area contributed by atoms with Crippen LogP contribution >= 0.6 is 0 Å². The highest BCUT2D eigenvalue weighted by molar-refractivity contribution is 5.76. The molecule has 0 unspecified atom stereocenters. The molecule has 0 saturated carbocycles. The lowest BCUT2D eigenvalue weighted by molar-refractivity contribution is -0.239. The van der Waals surface area contributed by atoms with Crippen LogP contribution in [0.5, 0.6) is 0 Å². The number of hydrogen-bond acceptors (Lipinski definition) is 9. The van der Waals surface area contributed by atoms with Crippen LogP contribution < -0.4 is 11.1 Å². The molecule has 0 aromatic heterocycles. The molecule has 0 radical (unpaired) electrons. The van der Waals surface area contributed by atoms with Crippen LogP contribution in [0.4, 0.5) is 4.39 Å². The van der Waals surface area contributed by atoms with Gasteiger partial charge in [0.05, 0.1) is 0 Å². The molecule has 1 heterocycles. The molecule has 1 aliphatic heterocycles. The molecule has 0 aromatic rings. The number of rotatable bonds is 10. The number of amides is 1. The molecule has 0 aliphatic carbocycles. The van der Waals surface area contributed by atoms with E-state index in [-0.39, 0.29) is 13.0 Å². The molecule has 0 bridgehead atoms. The van der Waals surface area contributed by atoms with E-state index < -0.39 is 54.5 Å². The first-order valence-corrected chi connectivity index (χ1v) is 9.42. The summed E-state index contributed by atoms with van der Waals surface area (Å²) >= 11 is 0. The Morgan fingerprint density at radius 1 is 0.966 bits per heavy atom. The lowest BCUT2D eigenvalue weighted by atomic mass is 9.98. The highest BCUT2D eigenvalue weighted by Crippen LogP contribution is 2.28. The average molecular weight is 420 g/mol. The van der Waals surface area contributed by atoms with Gasteiger partial charge in [-0.3, -0.25) is 19.2 Å². The number of nitrogens with one attached hydrogen (secondary N) is 1. The smallest absolute Gasteiger partial charge is 0.303 e. The fourth-order valence-electron chi connectivity index (χ4n) is 2.85. The van der Waals surface area contributed by atoms with Crippen LogP contribution in [0.15, 0.2) is 0 Å². The average Bonchev–Trinajstić information content (AvgIpc) is 2.62. The summed E-state index contributed by atoms with van der Waals surface area (Å²) in [5.74, 6) is -2.68. The summed E-state index contributed by atoms with van der Waals surface area (Å²) in [6, 6.07) is 0. The largest absolute Gasteiger partial charge is 0.463 e. The third-order valence-electron chi connectivity index (χ3n) is 4.08. The summed E-state index contributed by atoms with van der Waals surface area (Å²) in [5.41, 5.74) is 5.40. The summed E-state index contributed by atoms with van der Waals surface area (Å²) in [6.07, 6.45) is -5.34. The van der Waals surface area contributed by atoms with Gasteiger partial charge in [-0.25, -0.2) is 4.39 Å². The summed E-state index contributed by atoms with van der Waals surface area (Å²) in [7, 11) is 0. The van der Waals surface area contributed by atoms with Gasteiger partial charge in [-0.15, -0.1) is 0 Å². The van der Waals surface area contributed by atoms with Gasteiger partial charge < -0.3 is 30.0 Å². The van der Waals surface area contributed by atoms with Crippen molar-refractivity contribution < 1.29 is 42.5 Å². The van der Waals surface area contributed by atoms with Crippen LogP contribution in [0.2, 0.25) is 0 Å². The van der Waals surface area contributed by atoms with Gasteiger partial charge in [0.2, 0.25) is 5.91 Å². The molecular weight excluding hydrogens is 391 g/mol. The van der Waals surface area contributed by atoms with Crippen molar-refractivity contribution in [2.24, 2.45) is 5.73 Å². The Labute approximate surface area is 168 Å². The second kappa shape index (κ2) is 12.3. The molecule has 0 aromatic carbocycles. The van der Waals surface area contributed by atoms with E-state index in [0.29, 0.717) is 13.0 Å². The topological polar surface area (TPSA) is 143 Å². The van der Waals surface area contributed by atoms with Crippen molar-refractivity contribution in [3.8, 4) is 0 Å². The van der Waals surface area contributed by atoms with Crippen molar-refractivity contribution in [3.05, 3.63) is 0 Å². The summed E-state index contributed by atoms with van der Waals surface area (Å²) in [4.78, 5) is 46.1. The molecule has 29 heavy (non-hydrogen) atoms. The third kappa shape index (κ3) is 8.73. The molecule has 0 spiro atoms. The van der Waals surface area contributed by atoms with Gasteiger partial charge in [0.1, 0.15) is 12.7 Å². The highest BCUT2D eigenvalue weighted by atomic mass is 19.1. The second-order valence-electron chi connectivity index (χ2n) is 6.66. The van der Waals surface area contributed by atoms with Crippen LogP contribution in [-0.4, -0.2) is 67.7 Å². The van der Waals surface area contributed by atoms with Crippen molar-refractivity contribution in [3.63, 3.8) is 0 Å². The van der Waals surface area contributed by atoms with E-state index in [1.807, 2.05) is 0 Å². The first-order chi connectivity index (χ1) is 13.6. The molecule has 11 heteroatoms. The van der Waals surface area contributed by atoms with Gasteiger partial charge in [-0.05, 0) is 19.4 Å². The maximum absolute atomic E-state index is 15.0. The van der Waals surface area contributed by atoms with Crippen LogP contribution in [0, 0.1) is 0 Å². The fourth-order valence-corrected chi connectivity index (χ4v) is 2.85. The zero-order chi connectivity index (χ0) is 22.0. The molecule has 1 amide bonds. The van der Waals surface area contributed by atoms with Crippen molar-refractivity contribution in [2.45, 2.75) is 77.2 Å². The number of hydrogen-bond donors (Lipinski definition) is 2. The lowest BCUT2D eigenvalue weighted by Gasteiger charge is -2.42. The normalized spacial score (nSPS) is 26.3. The molecule has 10 nitrogen and oxygen atoms in total. The van der Waals surface area contributed by atoms with Crippen molar-refractivity contribution in [1.82, 2.24) is 5.32 Å². The minimum absolute atomic E-state index is 0.132. The predicted molar refractivity (Wildman–Crippen MR) is 97.0 cm³/mol. The maximum Gasteiger partial charge on any atom is 0.303 e. The Morgan fingerprint density at radius 2 is 1.59 bits per heavy atom. The Hall–Kier alpha value is -2.27. The van der Waals surface area contributed by atoms with Crippen molar-refractivity contribution >= 4 is 23.8 Å². The summed E-state index contributed by atoms with van der Waals surface area (Å²) in [6.45, 7) is 3.45. The number of carbonyl (C=O) groups is 4. The molecule has 5 atom stereocenters. The second-order valence-corrected chi connectivity index (χ2v) is 6.66. The van der Waals surface area contributed by atoms with Crippen LogP contribution in [0.3, 0.4) is 0 Å². The zero-order valence-corrected chi connectivity index (χ0v) is 16.9. The summed E-state index contributed by atoms with van der Waals surface area (Å²) < 4.78 is 35.5. The Morgan fingerprint density at radius 3 is 2.14 bits per heavy atom. The molecular formula is C18H29FN2O8. The number of alkyl halides is 1. The quantitative estimate of drug-likeness (QED) is 0.286. The monoisotopic (exact) mass is 420 g/mol. The van der Waals surface area contributed by atoms with Crippen LogP contribution in [-0.2, 0) is 38.1 Å². The standard InChI is InChI=1S/C18H29FN2O8/c1-10(22)26-9-13-16(27-11(2)23)17(28-12(3)24)15(19)18(29-13)21-14(25)7-5-4-6-8-20/h13,15-18H,4-9,20H2,1-3H3,(H,21,25)/t13-,15-,16-,17-,18-/m1/s1. The zero-order valence-electron chi connectivity index (χ0n) is 16.9. The number of halogens is 1. The Bertz CT molecular complexity index is 588. The lowest BCUT2D eigenvalue weighted by Crippen LogP contribution is -2.63. The molecule has 1 fully saturated rings. The molecule has 3 N–H and O–H groups in total. The molecule has 1 saturated heterocycles. The first-order valence-electron chi connectivity index (χ1n) is 9.42. The number of esters is 3. The molecule has 166 valence electrons. The number of nitrogens with two attached hydrogens (primary N) is 1. The van der Waals surface area contributed by atoms with E-state index >= 15 is 4.39 Å². The SMILES string of the molecule is CC(=O)OC[C@H]1O[C@@H](NC(=O)CCCCCN)[C@H](F)[C@@H](OC(C)=O)[C@@H]1OC(C)=O. The highest BCUT2D eigenvalue weighted by Gasteiger charge is 2.51. The van der Waals surface area contributed by atoms with Crippen molar-refractivity contribution in [1.29, 1.82) is 0 Å². The van der Waals surface area contributed by atoms with Gasteiger partial charge in [0, 0.05) is 27.2 Å². The Kier molecular flexibility index (Phi) is 10.5. The third-order valence-corrected chi connectivity index (χ3v) is 4.08. The predicted octanol–water partition coefficient (Wildman–Crippen LogP) is 0.111. The minimum atomic E-state index is -2.01. The number of carbonyl (C=O) groups excluding carboxylic acids is 4. The van der Waals surface area contributed by atoms with Gasteiger partial charge in [-0.1, -0.05) is 6.42 Å². The van der Waals surface area contributed by atoms with E-state index in [4.69, 9.17) is 24.7 Å². The van der Waals surface area contributed by atoms with E-state index in [1.165, 1.54) is 0 Å². The summed E-state index contributed by atoms with van der Waals surface area (Å²) in [5, 5.41) is 2.40. The van der Waals surface area contributed by atoms with E-state index in [9.17, 15) is 19.2 Å². The van der Waals surface area contributed by atoms with Crippen LogP contribution in [0.25, 0.3) is 0 Å². The molecule has 1 rings (SSSR count). The molecule has 1 aliphatic rings. The fraction of sp³-hybridized carbons (Fsp3) is 0.778. The van der Waals surface area contributed by atoms with E-state index in [1.54, 1.807) is 0 Å². The maximum atomic E-state index is 15.0. The van der Waals surface area contributed by atoms with Crippen LogP contribution in [0.1, 0.15) is 46.5 Å². The minimum Gasteiger partial charge on any atom is -0.463 e. The van der Waals surface area contributed by atoms with Gasteiger partial charge >= 0.3 is 17.9 Å².